The Morgan fingerprint density at radius 2 is 2.06 bits per heavy atom. The highest BCUT2D eigenvalue weighted by Gasteiger charge is 2.19. The molecule has 0 spiro atoms. The van der Waals surface area contributed by atoms with E-state index in [1.165, 1.54) is 6.92 Å². The van der Waals surface area contributed by atoms with Gasteiger partial charge in [-0.3, -0.25) is 4.79 Å². The summed E-state index contributed by atoms with van der Waals surface area (Å²) in [5.74, 6) is -2.06. The molecule has 0 fully saturated rings. The number of hydrogen-bond acceptors (Lipinski definition) is 3. The molecule has 0 aromatic heterocycles. The maximum Gasteiger partial charge on any atom is 0.339 e. The topological polar surface area (TPSA) is 86.6 Å². The van der Waals surface area contributed by atoms with Gasteiger partial charge in [-0.05, 0) is 28.7 Å². The minimum Gasteiger partial charge on any atom is -0.506 e. The van der Waals surface area contributed by atoms with Gasteiger partial charge in [0.15, 0.2) is 0 Å². The third-order valence-electron chi connectivity index (χ3n) is 1.72. The van der Waals surface area contributed by atoms with Crippen LogP contribution in [0.25, 0.3) is 0 Å². The summed E-state index contributed by atoms with van der Waals surface area (Å²) in [6.07, 6.45) is 0. The predicted octanol–water partition coefficient (Wildman–Crippen LogP) is 2.31. The number of anilines is 1. The summed E-state index contributed by atoms with van der Waals surface area (Å²) < 4.78 is 0.192. The molecule has 16 heavy (non-hydrogen) atoms. The molecule has 1 amide bonds. The normalized spacial score (nSPS) is 9.94. The zero-order valence-corrected chi connectivity index (χ0v) is 11.0. The van der Waals surface area contributed by atoms with Crippen molar-refractivity contribution in [2.24, 2.45) is 0 Å². The number of carbonyl (C=O) groups excluding carboxylic acids is 1. The number of aromatic carboxylic acids is 1. The zero-order valence-electron chi connectivity index (χ0n) is 8.04. The minimum atomic E-state index is -1.29. The third kappa shape index (κ3) is 2.56. The molecule has 86 valence electrons. The van der Waals surface area contributed by atoms with Crippen molar-refractivity contribution in [3.05, 3.63) is 20.2 Å². The second-order valence-corrected chi connectivity index (χ2v) is 4.42. The fourth-order valence-electron chi connectivity index (χ4n) is 1.06. The molecule has 5 nitrogen and oxygen atoms in total. The standard InChI is InChI=1S/C9H7ClINO4/c1-3(13)12-7-5(10)2-4(9(15)16)8(14)6(7)11/h2,14H,1H3,(H,12,13)(H,15,16). The highest BCUT2D eigenvalue weighted by atomic mass is 127. The Balaban J connectivity index is 3.39. The van der Waals surface area contributed by atoms with Crippen LogP contribution >= 0.6 is 34.2 Å². The Hall–Kier alpha value is -1.02. The molecule has 0 aliphatic heterocycles. The lowest BCUT2D eigenvalue weighted by molar-refractivity contribution is -0.114. The van der Waals surface area contributed by atoms with E-state index in [-0.39, 0.29) is 25.8 Å². The largest absolute Gasteiger partial charge is 0.506 e. The first kappa shape index (κ1) is 13.0. The van der Waals surface area contributed by atoms with E-state index in [1.54, 1.807) is 22.6 Å². The Bertz CT molecular complexity index is 475. The number of aromatic hydroxyl groups is 1. The van der Waals surface area contributed by atoms with E-state index in [1.807, 2.05) is 0 Å². The summed E-state index contributed by atoms with van der Waals surface area (Å²) in [7, 11) is 0. The molecule has 0 saturated carbocycles. The molecule has 0 aliphatic carbocycles. The third-order valence-corrected chi connectivity index (χ3v) is 3.07. The highest BCUT2D eigenvalue weighted by molar-refractivity contribution is 14.1. The number of nitrogens with one attached hydrogen (secondary N) is 1. The van der Waals surface area contributed by atoms with Gasteiger partial charge in [-0.25, -0.2) is 4.79 Å². The van der Waals surface area contributed by atoms with Crippen molar-refractivity contribution >= 4 is 51.8 Å². The number of hydrogen-bond donors (Lipinski definition) is 3. The quantitative estimate of drug-likeness (QED) is 0.711. The zero-order chi connectivity index (χ0) is 12.5. The Morgan fingerprint density at radius 3 is 2.50 bits per heavy atom. The van der Waals surface area contributed by atoms with E-state index >= 15 is 0 Å². The van der Waals surface area contributed by atoms with Gasteiger partial charge in [0.05, 0.1) is 14.3 Å². The second-order valence-electron chi connectivity index (χ2n) is 2.93. The molecule has 0 heterocycles. The van der Waals surface area contributed by atoms with E-state index in [0.29, 0.717) is 0 Å². The van der Waals surface area contributed by atoms with Crippen molar-refractivity contribution in [1.82, 2.24) is 0 Å². The molecule has 7 heteroatoms. The van der Waals surface area contributed by atoms with Crippen LogP contribution in [-0.4, -0.2) is 22.1 Å². The first-order valence-corrected chi connectivity index (χ1v) is 5.52. The molecule has 0 atom stereocenters. The number of carbonyl (C=O) groups is 2. The minimum absolute atomic E-state index is 0.0646. The fraction of sp³-hybridized carbons (Fsp3) is 0.111. The molecule has 0 radical (unpaired) electrons. The van der Waals surface area contributed by atoms with Gasteiger partial charge >= 0.3 is 5.97 Å². The van der Waals surface area contributed by atoms with Crippen LogP contribution in [0.4, 0.5) is 5.69 Å². The number of benzene rings is 1. The molecule has 3 N–H and O–H groups in total. The van der Waals surface area contributed by atoms with Gasteiger partial charge < -0.3 is 15.5 Å². The maximum absolute atomic E-state index is 10.9. The van der Waals surface area contributed by atoms with Crippen LogP contribution in [0.5, 0.6) is 5.75 Å². The molecule has 0 aliphatic rings. The Labute approximate surface area is 110 Å². The van der Waals surface area contributed by atoms with Crippen LogP contribution in [0.2, 0.25) is 5.02 Å². The van der Waals surface area contributed by atoms with Crippen molar-refractivity contribution in [1.29, 1.82) is 0 Å². The molecule has 1 aromatic rings. The van der Waals surface area contributed by atoms with E-state index in [4.69, 9.17) is 16.7 Å². The first-order chi connectivity index (χ1) is 7.34. The van der Waals surface area contributed by atoms with E-state index in [9.17, 15) is 14.7 Å². The Morgan fingerprint density at radius 1 is 1.50 bits per heavy atom. The van der Waals surface area contributed by atoms with Crippen LogP contribution in [0.15, 0.2) is 6.07 Å². The summed E-state index contributed by atoms with van der Waals surface area (Å²) in [5.41, 5.74) is -0.0965. The second kappa shape index (κ2) is 4.88. The number of phenols is 1. The maximum atomic E-state index is 10.9. The molecule has 1 rings (SSSR count). The number of halogens is 2. The lowest BCUT2D eigenvalue weighted by Crippen LogP contribution is -2.09. The number of carboxylic acid groups (broad SMARTS) is 1. The lowest BCUT2D eigenvalue weighted by atomic mass is 10.2. The van der Waals surface area contributed by atoms with E-state index in [2.05, 4.69) is 5.32 Å². The Kier molecular flexibility index (Phi) is 3.98. The number of amides is 1. The molecular weight excluding hydrogens is 348 g/mol. The summed E-state index contributed by atoms with van der Waals surface area (Å²) in [6, 6.07) is 1.09. The van der Waals surface area contributed by atoms with Gasteiger partial charge in [-0.2, -0.15) is 0 Å². The van der Waals surface area contributed by atoms with Crippen molar-refractivity contribution in [3.8, 4) is 5.75 Å². The molecule has 0 saturated heterocycles. The van der Waals surface area contributed by atoms with Crippen molar-refractivity contribution < 1.29 is 19.8 Å². The van der Waals surface area contributed by atoms with Gasteiger partial charge in [0, 0.05) is 6.92 Å². The van der Waals surface area contributed by atoms with Gasteiger partial charge in [-0.1, -0.05) is 11.6 Å². The van der Waals surface area contributed by atoms with Crippen molar-refractivity contribution in [3.63, 3.8) is 0 Å². The molecular formula is C9H7ClINO4. The summed E-state index contributed by atoms with van der Waals surface area (Å²) >= 11 is 7.51. The average Bonchev–Trinajstić information content (AvgIpc) is 2.17. The summed E-state index contributed by atoms with van der Waals surface area (Å²) in [6.45, 7) is 1.29. The van der Waals surface area contributed by atoms with Crippen LogP contribution in [0.3, 0.4) is 0 Å². The van der Waals surface area contributed by atoms with Gasteiger partial charge in [-0.15, -0.1) is 0 Å². The van der Waals surface area contributed by atoms with E-state index in [0.717, 1.165) is 6.07 Å². The van der Waals surface area contributed by atoms with Gasteiger partial charge in [0.1, 0.15) is 11.3 Å². The van der Waals surface area contributed by atoms with Crippen LogP contribution in [-0.2, 0) is 4.79 Å². The molecule has 1 aromatic carbocycles. The van der Waals surface area contributed by atoms with Gasteiger partial charge in [0.25, 0.3) is 0 Å². The predicted molar refractivity (Wildman–Crippen MR) is 67.1 cm³/mol. The van der Waals surface area contributed by atoms with Crippen LogP contribution in [0, 0.1) is 3.57 Å². The van der Waals surface area contributed by atoms with Crippen molar-refractivity contribution in [2.45, 2.75) is 6.92 Å². The number of carboxylic acids is 1. The summed E-state index contributed by atoms with van der Waals surface area (Å²) in [5, 5.41) is 20.8. The lowest BCUT2D eigenvalue weighted by Gasteiger charge is -2.11. The fourth-order valence-corrected chi connectivity index (χ4v) is 2.19. The average molecular weight is 356 g/mol. The molecule has 0 bridgehead atoms. The summed E-state index contributed by atoms with van der Waals surface area (Å²) in [4.78, 5) is 21.6. The van der Waals surface area contributed by atoms with Crippen LogP contribution in [0.1, 0.15) is 17.3 Å². The highest BCUT2D eigenvalue weighted by Crippen LogP contribution is 2.37. The first-order valence-electron chi connectivity index (χ1n) is 4.06. The van der Waals surface area contributed by atoms with Gasteiger partial charge in [0.2, 0.25) is 5.91 Å². The van der Waals surface area contributed by atoms with Crippen molar-refractivity contribution in [2.75, 3.05) is 5.32 Å². The van der Waals surface area contributed by atoms with E-state index < -0.39 is 11.7 Å². The number of rotatable bonds is 2. The smallest absolute Gasteiger partial charge is 0.339 e. The van der Waals surface area contributed by atoms with Crippen LogP contribution < -0.4 is 5.32 Å². The monoisotopic (exact) mass is 355 g/mol. The molecule has 0 unspecified atom stereocenters. The SMILES string of the molecule is CC(=O)Nc1c(Cl)cc(C(=O)O)c(O)c1I.